The van der Waals surface area contributed by atoms with Crippen LogP contribution in [0.25, 0.3) is 6.08 Å². The maximum atomic E-state index is 12.8. The molecule has 0 spiro atoms. The number of amides is 2. The van der Waals surface area contributed by atoms with Gasteiger partial charge in [-0.05, 0) is 54.0 Å². The Hall–Kier alpha value is -3.13. The van der Waals surface area contributed by atoms with Crippen molar-refractivity contribution in [2.24, 2.45) is 5.92 Å². The Morgan fingerprint density at radius 1 is 1.03 bits per heavy atom. The number of hydrogen-bond acceptors (Lipinski definition) is 4. The number of carbonyl (C=O) groups excluding carboxylic acids is 2. The van der Waals surface area contributed by atoms with E-state index in [1.807, 2.05) is 0 Å². The van der Waals surface area contributed by atoms with Crippen LogP contribution in [0.3, 0.4) is 0 Å². The Morgan fingerprint density at radius 2 is 1.63 bits per heavy atom. The van der Waals surface area contributed by atoms with Crippen molar-refractivity contribution >= 4 is 39.8 Å². The van der Waals surface area contributed by atoms with Crippen molar-refractivity contribution in [3.05, 3.63) is 69.8 Å². The molecular weight excluding hydrogens is 452 g/mol. The van der Waals surface area contributed by atoms with E-state index >= 15 is 0 Å². The molecule has 30 heavy (non-hydrogen) atoms. The number of methoxy groups -OCH3 is 1. The molecule has 1 atom stereocenters. The molecule has 0 saturated carbocycles. The van der Waals surface area contributed by atoms with Crippen LogP contribution in [0, 0.1) is 5.92 Å². The van der Waals surface area contributed by atoms with Crippen LogP contribution in [0.1, 0.15) is 29.8 Å². The quantitative estimate of drug-likeness (QED) is 0.508. The second kappa shape index (κ2) is 10.6. The summed E-state index contributed by atoms with van der Waals surface area (Å²) in [7, 11) is 1.54. The molecule has 8 heteroatoms. The molecular formula is C22H23BrN2O5. The van der Waals surface area contributed by atoms with E-state index in [1.54, 1.807) is 69.5 Å². The van der Waals surface area contributed by atoms with Gasteiger partial charge >= 0.3 is 5.97 Å². The van der Waals surface area contributed by atoms with E-state index in [4.69, 9.17) is 4.74 Å². The molecule has 1 unspecified atom stereocenters. The smallest absolute Gasteiger partial charge is 0.326 e. The Morgan fingerprint density at radius 3 is 2.13 bits per heavy atom. The molecule has 0 aliphatic carbocycles. The first-order valence-electron chi connectivity index (χ1n) is 9.17. The molecule has 0 radical (unpaired) electrons. The highest BCUT2D eigenvalue weighted by Gasteiger charge is 2.25. The van der Waals surface area contributed by atoms with Crippen LogP contribution in [-0.4, -0.2) is 36.0 Å². The standard InChI is InChI=1S/C22H23BrN2O5/c1-13(2)19(22(28)29)25-21(27)18(12-14-4-10-17(30-3)11-5-14)24-20(26)15-6-8-16(23)9-7-15/h4-13,19H,1-3H3,(H,24,26)(H,25,27)(H,28,29)/b18-12+. The number of benzene rings is 2. The van der Waals surface area contributed by atoms with Gasteiger partial charge in [-0.3, -0.25) is 9.59 Å². The zero-order valence-corrected chi connectivity index (χ0v) is 18.4. The van der Waals surface area contributed by atoms with E-state index in [2.05, 4.69) is 26.6 Å². The third-order valence-corrected chi connectivity index (χ3v) is 4.77. The summed E-state index contributed by atoms with van der Waals surface area (Å²) in [5.74, 6) is -2.04. The van der Waals surface area contributed by atoms with Crippen molar-refractivity contribution < 1.29 is 24.2 Å². The van der Waals surface area contributed by atoms with Crippen molar-refractivity contribution in [2.75, 3.05) is 7.11 Å². The van der Waals surface area contributed by atoms with Crippen LogP contribution in [0.5, 0.6) is 5.75 Å². The van der Waals surface area contributed by atoms with Gasteiger partial charge in [0.05, 0.1) is 7.11 Å². The molecule has 0 bridgehead atoms. The van der Waals surface area contributed by atoms with E-state index in [1.165, 1.54) is 6.08 Å². The number of halogens is 1. The normalized spacial score (nSPS) is 12.2. The predicted molar refractivity (Wildman–Crippen MR) is 117 cm³/mol. The molecule has 0 aliphatic rings. The van der Waals surface area contributed by atoms with E-state index in [-0.39, 0.29) is 11.6 Å². The molecule has 0 saturated heterocycles. The molecule has 2 aromatic carbocycles. The molecule has 0 aliphatic heterocycles. The lowest BCUT2D eigenvalue weighted by molar-refractivity contribution is -0.142. The van der Waals surface area contributed by atoms with Crippen LogP contribution in [-0.2, 0) is 9.59 Å². The first-order chi connectivity index (χ1) is 14.2. The van der Waals surface area contributed by atoms with Gasteiger partial charge in [0.2, 0.25) is 0 Å². The maximum absolute atomic E-state index is 12.8. The SMILES string of the molecule is COc1ccc(/C=C(/NC(=O)c2ccc(Br)cc2)C(=O)NC(C(=O)O)C(C)C)cc1. The fourth-order valence-electron chi connectivity index (χ4n) is 2.55. The summed E-state index contributed by atoms with van der Waals surface area (Å²) in [6.45, 7) is 3.37. The summed E-state index contributed by atoms with van der Waals surface area (Å²) in [4.78, 5) is 36.9. The third kappa shape index (κ3) is 6.45. The number of carbonyl (C=O) groups is 3. The predicted octanol–water partition coefficient (Wildman–Crippen LogP) is 3.45. The zero-order chi connectivity index (χ0) is 22.3. The van der Waals surface area contributed by atoms with Crippen LogP contribution < -0.4 is 15.4 Å². The fourth-order valence-corrected chi connectivity index (χ4v) is 2.82. The topological polar surface area (TPSA) is 105 Å². The Labute approximate surface area is 183 Å². The maximum Gasteiger partial charge on any atom is 0.326 e. The van der Waals surface area contributed by atoms with E-state index in [0.29, 0.717) is 16.9 Å². The minimum absolute atomic E-state index is 0.0695. The van der Waals surface area contributed by atoms with Gasteiger partial charge in [0.15, 0.2) is 0 Å². The molecule has 158 valence electrons. The lowest BCUT2D eigenvalue weighted by atomic mass is 10.0. The monoisotopic (exact) mass is 474 g/mol. The van der Waals surface area contributed by atoms with Gasteiger partial charge < -0.3 is 20.5 Å². The largest absolute Gasteiger partial charge is 0.497 e. The van der Waals surface area contributed by atoms with Gasteiger partial charge in [0, 0.05) is 10.0 Å². The molecule has 7 nitrogen and oxygen atoms in total. The molecule has 0 aromatic heterocycles. The molecule has 2 amide bonds. The highest BCUT2D eigenvalue weighted by atomic mass is 79.9. The fraction of sp³-hybridized carbons (Fsp3) is 0.227. The van der Waals surface area contributed by atoms with Gasteiger partial charge in [0.1, 0.15) is 17.5 Å². The highest BCUT2D eigenvalue weighted by Crippen LogP contribution is 2.15. The lowest BCUT2D eigenvalue weighted by Crippen LogP contribution is -2.47. The number of aliphatic carboxylic acids is 1. The van der Waals surface area contributed by atoms with Gasteiger partial charge in [0.25, 0.3) is 11.8 Å². The molecule has 0 heterocycles. The van der Waals surface area contributed by atoms with E-state index in [9.17, 15) is 19.5 Å². The van der Waals surface area contributed by atoms with Gasteiger partial charge in [-0.15, -0.1) is 0 Å². The van der Waals surface area contributed by atoms with Crippen molar-refractivity contribution in [3.8, 4) is 5.75 Å². The molecule has 2 rings (SSSR count). The summed E-state index contributed by atoms with van der Waals surface area (Å²) in [5.41, 5.74) is 0.915. The van der Waals surface area contributed by atoms with Crippen LogP contribution in [0.4, 0.5) is 0 Å². The lowest BCUT2D eigenvalue weighted by Gasteiger charge is -2.19. The van der Waals surface area contributed by atoms with Crippen molar-refractivity contribution in [2.45, 2.75) is 19.9 Å². The second-order valence-electron chi connectivity index (χ2n) is 6.83. The minimum Gasteiger partial charge on any atom is -0.497 e. The Kier molecular flexibility index (Phi) is 8.17. The average molecular weight is 475 g/mol. The van der Waals surface area contributed by atoms with E-state index < -0.39 is 23.8 Å². The highest BCUT2D eigenvalue weighted by molar-refractivity contribution is 9.10. The zero-order valence-electron chi connectivity index (χ0n) is 16.8. The van der Waals surface area contributed by atoms with Crippen LogP contribution in [0.15, 0.2) is 58.7 Å². The number of carboxylic acids is 1. The third-order valence-electron chi connectivity index (χ3n) is 4.25. The summed E-state index contributed by atoms with van der Waals surface area (Å²) >= 11 is 3.31. The number of ether oxygens (including phenoxy) is 1. The van der Waals surface area contributed by atoms with Crippen molar-refractivity contribution in [1.82, 2.24) is 10.6 Å². The van der Waals surface area contributed by atoms with Crippen LogP contribution in [0.2, 0.25) is 0 Å². The molecule has 2 aromatic rings. The first kappa shape index (κ1) is 23.2. The summed E-state index contributed by atoms with van der Waals surface area (Å²) in [5, 5.41) is 14.4. The number of hydrogen-bond donors (Lipinski definition) is 3. The van der Waals surface area contributed by atoms with Crippen molar-refractivity contribution in [3.63, 3.8) is 0 Å². The van der Waals surface area contributed by atoms with Gasteiger partial charge in [-0.1, -0.05) is 41.9 Å². The summed E-state index contributed by atoms with van der Waals surface area (Å²) < 4.78 is 5.93. The Bertz CT molecular complexity index is 937. The number of rotatable bonds is 8. The van der Waals surface area contributed by atoms with E-state index in [0.717, 1.165) is 4.47 Å². The average Bonchev–Trinajstić information content (AvgIpc) is 2.71. The number of nitrogens with one attached hydrogen (secondary N) is 2. The first-order valence-corrected chi connectivity index (χ1v) is 9.97. The van der Waals surface area contributed by atoms with Crippen molar-refractivity contribution in [1.29, 1.82) is 0 Å². The number of carboxylic acid groups (broad SMARTS) is 1. The van der Waals surface area contributed by atoms with Gasteiger partial charge in [-0.25, -0.2) is 4.79 Å². The van der Waals surface area contributed by atoms with Gasteiger partial charge in [-0.2, -0.15) is 0 Å². The second-order valence-corrected chi connectivity index (χ2v) is 7.74. The summed E-state index contributed by atoms with van der Waals surface area (Å²) in [6, 6.07) is 12.4. The Balaban J connectivity index is 2.33. The molecule has 0 fully saturated rings. The van der Waals surface area contributed by atoms with Crippen LogP contribution >= 0.6 is 15.9 Å². The summed E-state index contributed by atoms with van der Waals surface area (Å²) in [6.07, 6.45) is 1.48. The molecule has 3 N–H and O–H groups in total. The minimum atomic E-state index is -1.15.